The van der Waals surface area contributed by atoms with E-state index in [0.29, 0.717) is 37.8 Å². The van der Waals surface area contributed by atoms with Crippen molar-refractivity contribution in [2.75, 3.05) is 45.6 Å². The Morgan fingerprint density at radius 2 is 1.71 bits per heavy atom. The monoisotopic (exact) mass is 484 g/mol. The summed E-state index contributed by atoms with van der Waals surface area (Å²) in [4.78, 5) is 17.8. The van der Waals surface area contributed by atoms with Gasteiger partial charge in [-0.3, -0.25) is 9.69 Å². The van der Waals surface area contributed by atoms with Crippen LogP contribution in [0.4, 0.5) is 5.69 Å². The first-order valence-corrected chi connectivity index (χ1v) is 13.7. The van der Waals surface area contributed by atoms with Crippen LogP contribution >= 0.6 is 0 Å². The lowest BCUT2D eigenvalue weighted by atomic mass is 9.94. The fourth-order valence-electron chi connectivity index (χ4n) is 4.87. The van der Waals surface area contributed by atoms with E-state index in [2.05, 4.69) is 22.2 Å². The molecule has 1 aliphatic heterocycles. The zero-order chi connectivity index (χ0) is 24.1. The molecule has 1 aliphatic carbocycles. The number of carbonyl (C=O) groups is 1. The maximum absolute atomic E-state index is 13.1. The van der Waals surface area contributed by atoms with E-state index in [1.807, 2.05) is 31.3 Å². The molecule has 2 aromatic carbocycles. The van der Waals surface area contributed by atoms with Gasteiger partial charge in [0.1, 0.15) is 0 Å². The van der Waals surface area contributed by atoms with Gasteiger partial charge >= 0.3 is 0 Å². The number of amides is 1. The zero-order valence-corrected chi connectivity index (χ0v) is 21.1. The van der Waals surface area contributed by atoms with Crippen LogP contribution in [0.15, 0.2) is 53.4 Å². The van der Waals surface area contributed by atoms with E-state index >= 15 is 0 Å². The van der Waals surface area contributed by atoms with Gasteiger partial charge < -0.3 is 10.2 Å². The topological polar surface area (TPSA) is 73.0 Å². The van der Waals surface area contributed by atoms with Crippen LogP contribution in [-0.4, -0.2) is 74.7 Å². The minimum atomic E-state index is -3.63. The van der Waals surface area contributed by atoms with Crippen molar-refractivity contribution >= 4 is 21.6 Å². The lowest BCUT2D eigenvalue weighted by molar-refractivity contribution is 0.102. The maximum Gasteiger partial charge on any atom is 0.255 e. The van der Waals surface area contributed by atoms with Crippen LogP contribution in [0.3, 0.4) is 0 Å². The van der Waals surface area contributed by atoms with Gasteiger partial charge in [0.2, 0.25) is 10.0 Å². The van der Waals surface area contributed by atoms with Crippen molar-refractivity contribution in [1.29, 1.82) is 0 Å². The summed E-state index contributed by atoms with van der Waals surface area (Å²) in [6.07, 6.45) is 6.32. The molecule has 34 heavy (non-hydrogen) atoms. The van der Waals surface area contributed by atoms with Gasteiger partial charge in [-0.15, -0.1) is 0 Å². The highest BCUT2D eigenvalue weighted by Gasteiger charge is 2.28. The number of sulfonamides is 1. The number of carbonyl (C=O) groups excluding carboxylic acids is 1. The normalized spacial score (nSPS) is 18.8. The molecular formula is C26H36N4O3S. The summed E-state index contributed by atoms with van der Waals surface area (Å²) in [7, 11) is 0.509. The van der Waals surface area contributed by atoms with Crippen molar-refractivity contribution in [3.05, 3.63) is 59.7 Å². The van der Waals surface area contributed by atoms with E-state index in [-0.39, 0.29) is 10.8 Å². The molecule has 2 aliphatic rings. The van der Waals surface area contributed by atoms with Crippen LogP contribution in [0.25, 0.3) is 0 Å². The number of nitrogens with zero attached hydrogens (tertiary/aromatic N) is 3. The second-order valence-corrected chi connectivity index (χ2v) is 11.5. The predicted octanol–water partition coefficient (Wildman–Crippen LogP) is 3.64. The molecule has 7 nitrogen and oxygen atoms in total. The third kappa shape index (κ3) is 5.86. The minimum absolute atomic E-state index is 0.162. The average Bonchev–Trinajstić information content (AvgIpc) is 2.86. The summed E-state index contributed by atoms with van der Waals surface area (Å²) < 4.78 is 27.7. The molecule has 1 heterocycles. The zero-order valence-electron chi connectivity index (χ0n) is 20.2. The molecule has 0 aromatic heterocycles. The molecule has 184 valence electrons. The molecule has 0 radical (unpaired) electrons. The van der Waals surface area contributed by atoms with Crippen molar-refractivity contribution in [3.8, 4) is 0 Å². The number of hydrogen-bond acceptors (Lipinski definition) is 5. The molecule has 0 bridgehead atoms. The first kappa shape index (κ1) is 24.9. The van der Waals surface area contributed by atoms with Gasteiger partial charge in [-0.2, -0.15) is 4.31 Å². The number of hydrogen-bond donors (Lipinski definition) is 1. The van der Waals surface area contributed by atoms with Crippen molar-refractivity contribution in [3.63, 3.8) is 0 Å². The molecular weight excluding hydrogens is 448 g/mol. The van der Waals surface area contributed by atoms with E-state index in [1.165, 1.54) is 42.5 Å². The van der Waals surface area contributed by atoms with Crippen LogP contribution < -0.4 is 5.32 Å². The molecule has 1 saturated carbocycles. The highest BCUT2D eigenvalue weighted by molar-refractivity contribution is 7.89. The van der Waals surface area contributed by atoms with Gasteiger partial charge in [0.25, 0.3) is 5.91 Å². The SMILES string of the molecule is CN1CCN(S(=O)(=O)c2cccc(C(=O)Nc3ccccc3CN(C)C3CCCCC3)c2)CC1. The number of benzene rings is 2. The first-order valence-electron chi connectivity index (χ1n) is 12.2. The largest absolute Gasteiger partial charge is 0.322 e. The van der Waals surface area contributed by atoms with E-state index < -0.39 is 10.0 Å². The van der Waals surface area contributed by atoms with Crippen molar-refractivity contribution < 1.29 is 13.2 Å². The van der Waals surface area contributed by atoms with E-state index in [4.69, 9.17) is 0 Å². The Bertz CT molecular complexity index is 1090. The predicted molar refractivity (Wildman–Crippen MR) is 135 cm³/mol. The smallest absolute Gasteiger partial charge is 0.255 e. The molecule has 1 saturated heterocycles. The van der Waals surface area contributed by atoms with Gasteiger partial charge in [-0.25, -0.2) is 8.42 Å². The van der Waals surface area contributed by atoms with Crippen LogP contribution in [0.5, 0.6) is 0 Å². The molecule has 0 unspecified atom stereocenters. The van der Waals surface area contributed by atoms with Crippen LogP contribution in [0.2, 0.25) is 0 Å². The second kappa shape index (κ2) is 11.0. The van der Waals surface area contributed by atoms with Gasteiger partial charge in [-0.05, 0) is 56.8 Å². The molecule has 2 fully saturated rings. The second-order valence-electron chi connectivity index (χ2n) is 9.55. The lowest BCUT2D eigenvalue weighted by Gasteiger charge is -2.31. The van der Waals surface area contributed by atoms with Crippen LogP contribution in [0, 0.1) is 0 Å². The van der Waals surface area contributed by atoms with Crippen molar-refractivity contribution in [2.45, 2.75) is 49.6 Å². The quantitative estimate of drug-likeness (QED) is 0.650. The summed E-state index contributed by atoms with van der Waals surface area (Å²) in [6, 6.07) is 14.8. The van der Waals surface area contributed by atoms with E-state index in [9.17, 15) is 13.2 Å². The lowest BCUT2D eigenvalue weighted by Crippen LogP contribution is -2.47. The maximum atomic E-state index is 13.1. The Balaban J connectivity index is 1.47. The Morgan fingerprint density at radius 1 is 1.00 bits per heavy atom. The highest BCUT2D eigenvalue weighted by Crippen LogP contribution is 2.25. The molecule has 1 amide bonds. The summed E-state index contributed by atoms with van der Waals surface area (Å²) in [5.74, 6) is -0.303. The van der Waals surface area contributed by atoms with Crippen molar-refractivity contribution in [2.24, 2.45) is 0 Å². The van der Waals surface area contributed by atoms with Gasteiger partial charge in [0, 0.05) is 50.0 Å². The summed E-state index contributed by atoms with van der Waals surface area (Å²) in [5, 5.41) is 3.02. The van der Waals surface area contributed by atoms with Crippen molar-refractivity contribution in [1.82, 2.24) is 14.1 Å². The average molecular weight is 485 g/mol. The molecule has 1 N–H and O–H groups in total. The van der Waals surface area contributed by atoms with E-state index in [1.54, 1.807) is 18.2 Å². The number of rotatable bonds is 7. The number of piperazine rings is 1. The summed E-state index contributed by atoms with van der Waals surface area (Å²) in [6.45, 7) is 3.07. The Kier molecular flexibility index (Phi) is 8.03. The summed E-state index contributed by atoms with van der Waals surface area (Å²) >= 11 is 0. The number of para-hydroxylation sites is 1. The number of nitrogens with one attached hydrogen (secondary N) is 1. The fraction of sp³-hybridized carbons (Fsp3) is 0.500. The molecule has 8 heteroatoms. The number of anilines is 1. The Labute approximate surface area is 203 Å². The molecule has 4 rings (SSSR count). The molecule has 2 aromatic rings. The first-order chi connectivity index (χ1) is 16.3. The van der Waals surface area contributed by atoms with Gasteiger partial charge in [0.15, 0.2) is 0 Å². The Hall–Kier alpha value is -2.26. The molecule has 0 spiro atoms. The fourth-order valence-corrected chi connectivity index (χ4v) is 6.34. The summed E-state index contributed by atoms with van der Waals surface area (Å²) in [5.41, 5.74) is 2.17. The molecule has 0 atom stereocenters. The van der Waals surface area contributed by atoms with Gasteiger partial charge in [-0.1, -0.05) is 43.5 Å². The standard InChI is InChI=1S/C26H36N4O3S/c1-28-15-17-30(18-16-28)34(32,33)24-13-8-10-21(19-24)26(31)27-25-14-7-6-9-22(25)20-29(2)23-11-4-3-5-12-23/h6-10,13-14,19,23H,3-5,11-12,15-18,20H2,1-2H3,(H,27,31). The highest BCUT2D eigenvalue weighted by atomic mass is 32.2. The third-order valence-corrected chi connectivity index (χ3v) is 8.97. The third-order valence-electron chi connectivity index (χ3n) is 7.08. The van der Waals surface area contributed by atoms with Crippen LogP contribution in [0.1, 0.15) is 48.0 Å². The van der Waals surface area contributed by atoms with Crippen LogP contribution in [-0.2, 0) is 16.6 Å². The van der Waals surface area contributed by atoms with E-state index in [0.717, 1.165) is 17.8 Å². The minimum Gasteiger partial charge on any atom is -0.322 e. The van der Waals surface area contributed by atoms with Gasteiger partial charge in [0.05, 0.1) is 4.90 Å². The number of likely N-dealkylation sites (N-methyl/N-ethyl adjacent to an activating group) is 1. The Morgan fingerprint density at radius 3 is 2.44 bits per heavy atom.